The average molecular weight is 368 g/mol. The van der Waals surface area contributed by atoms with Crippen LogP contribution in [-0.4, -0.2) is 20.7 Å². The van der Waals surface area contributed by atoms with Crippen LogP contribution < -0.4 is 5.32 Å². The monoisotopic (exact) mass is 368 g/mol. The molecule has 0 saturated carbocycles. The van der Waals surface area contributed by atoms with Gasteiger partial charge in [-0.15, -0.1) is 0 Å². The summed E-state index contributed by atoms with van der Waals surface area (Å²) in [5.41, 5.74) is 5.74. The van der Waals surface area contributed by atoms with E-state index in [4.69, 9.17) is 0 Å². The number of hydrogen-bond acceptors (Lipinski definition) is 3. The molecule has 28 heavy (non-hydrogen) atoms. The fraction of sp³-hybridized carbons (Fsp3) is 0.0870. The van der Waals surface area contributed by atoms with E-state index in [0.717, 1.165) is 28.1 Å². The van der Waals surface area contributed by atoms with Crippen LogP contribution in [0.15, 0.2) is 79.3 Å². The molecule has 4 aromatic rings. The number of para-hydroxylation sites is 1. The number of carbonyl (C=O) groups excluding carboxylic acids is 1. The largest absolute Gasteiger partial charge is 0.322 e. The molecule has 138 valence electrons. The molecule has 0 fully saturated rings. The minimum atomic E-state index is -0.203. The number of carbonyl (C=O) groups is 1. The first-order valence-corrected chi connectivity index (χ1v) is 9.05. The maximum Gasteiger partial charge on any atom is 0.259 e. The van der Waals surface area contributed by atoms with Gasteiger partial charge in [0.05, 0.1) is 11.3 Å². The first-order valence-electron chi connectivity index (χ1n) is 9.05. The SMILES string of the molecule is Cc1cc(C)cc(NC(=O)c2cn(-c3ccccc3)nc2-c2cccnc2)c1. The maximum atomic E-state index is 13.1. The highest BCUT2D eigenvalue weighted by atomic mass is 16.1. The molecule has 1 amide bonds. The minimum absolute atomic E-state index is 0.203. The first kappa shape index (κ1) is 17.7. The van der Waals surface area contributed by atoms with E-state index in [1.807, 2.05) is 68.4 Å². The van der Waals surface area contributed by atoms with E-state index in [1.54, 1.807) is 23.3 Å². The lowest BCUT2D eigenvalue weighted by Gasteiger charge is -2.07. The van der Waals surface area contributed by atoms with Crippen molar-refractivity contribution in [1.29, 1.82) is 0 Å². The van der Waals surface area contributed by atoms with Gasteiger partial charge in [-0.25, -0.2) is 4.68 Å². The lowest BCUT2D eigenvalue weighted by molar-refractivity contribution is 0.102. The van der Waals surface area contributed by atoms with Crippen molar-refractivity contribution >= 4 is 11.6 Å². The fourth-order valence-electron chi connectivity index (χ4n) is 3.21. The number of aromatic nitrogens is 3. The Morgan fingerprint density at radius 1 is 0.964 bits per heavy atom. The number of aryl methyl sites for hydroxylation is 2. The normalized spacial score (nSPS) is 10.6. The Hall–Kier alpha value is -3.73. The second-order valence-corrected chi connectivity index (χ2v) is 6.74. The summed E-state index contributed by atoms with van der Waals surface area (Å²) in [5.74, 6) is -0.203. The molecule has 5 heteroatoms. The van der Waals surface area contributed by atoms with E-state index in [0.29, 0.717) is 11.3 Å². The Balaban J connectivity index is 1.76. The van der Waals surface area contributed by atoms with Crippen molar-refractivity contribution in [2.24, 2.45) is 0 Å². The Kier molecular flexibility index (Phi) is 4.72. The zero-order valence-corrected chi connectivity index (χ0v) is 15.8. The van der Waals surface area contributed by atoms with Gasteiger partial charge in [-0.2, -0.15) is 5.10 Å². The number of hydrogen-bond donors (Lipinski definition) is 1. The van der Waals surface area contributed by atoms with Crippen LogP contribution in [0.3, 0.4) is 0 Å². The molecule has 2 aromatic carbocycles. The maximum absolute atomic E-state index is 13.1. The highest BCUT2D eigenvalue weighted by Crippen LogP contribution is 2.24. The third kappa shape index (κ3) is 3.69. The lowest BCUT2D eigenvalue weighted by Crippen LogP contribution is -2.12. The van der Waals surface area contributed by atoms with E-state index in [-0.39, 0.29) is 5.91 Å². The van der Waals surface area contributed by atoms with Crippen molar-refractivity contribution in [3.05, 3.63) is 95.9 Å². The van der Waals surface area contributed by atoms with E-state index in [2.05, 4.69) is 21.5 Å². The molecule has 5 nitrogen and oxygen atoms in total. The van der Waals surface area contributed by atoms with Crippen LogP contribution in [0.1, 0.15) is 21.5 Å². The third-order valence-electron chi connectivity index (χ3n) is 4.39. The van der Waals surface area contributed by atoms with Crippen molar-refractivity contribution in [2.75, 3.05) is 5.32 Å². The predicted molar refractivity (Wildman–Crippen MR) is 111 cm³/mol. The van der Waals surface area contributed by atoms with Crippen molar-refractivity contribution in [3.63, 3.8) is 0 Å². The highest BCUT2D eigenvalue weighted by molar-refractivity contribution is 6.08. The summed E-state index contributed by atoms with van der Waals surface area (Å²) in [4.78, 5) is 17.3. The number of pyridine rings is 1. The summed E-state index contributed by atoms with van der Waals surface area (Å²) in [6.07, 6.45) is 5.17. The van der Waals surface area contributed by atoms with E-state index < -0.39 is 0 Å². The number of benzene rings is 2. The number of anilines is 1. The Labute approximate surface area is 163 Å². The molecular formula is C23H20N4O. The van der Waals surface area contributed by atoms with E-state index in [1.165, 1.54) is 0 Å². The van der Waals surface area contributed by atoms with Crippen LogP contribution in [0, 0.1) is 13.8 Å². The van der Waals surface area contributed by atoms with E-state index >= 15 is 0 Å². The van der Waals surface area contributed by atoms with Gasteiger partial charge in [0.1, 0.15) is 5.69 Å². The summed E-state index contributed by atoms with van der Waals surface area (Å²) in [7, 11) is 0. The summed E-state index contributed by atoms with van der Waals surface area (Å²) < 4.78 is 1.72. The van der Waals surface area contributed by atoms with Crippen molar-refractivity contribution in [3.8, 4) is 16.9 Å². The molecule has 0 unspecified atom stereocenters. The van der Waals surface area contributed by atoms with Crippen molar-refractivity contribution in [2.45, 2.75) is 13.8 Å². The molecule has 0 radical (unpaired) electrons. The molecule has 0 aliphatic heterocycles. The highest BCUT2D eigenvalue weighted by Gasteiger charge is 2.19. The number of nitrogens with one attached hydrogen (secondary N) is 1. The fourth-order valence-corrected chi connectivity index (χ4v) is 3.21. The average Bonchev–Trinajstić information content (AvgIpc) is 3.14. The van der Waals surface area contributed by atoms with Gasteiger partial charge in [0, 0.05) is 29.8 Å². The van der Waals surface area contributed by atoms with Gasteiger partial charge >= 0.3 is 0 Å². The van der Waals surface area contributed by atoms with Crippen LogP contribution in [0.2, 0.25) is 0 Å². The van der Waals surface area contributed by atoms with Gasteiger partial charge < -0.3 is 5.32 Å². The molecule has 4 rings (SSSR count). The lowest BCUT2D eigenvalue weighted by atomic mass is 10.1. The third-order valence-corrected chi connectivity index (χ3v) is 4.39. The van der Waals surface area contributed by atoms with Crippen LogP contribution >= 0.6 is 0 Å². The molecule has 0 bridgehead atoms. The molecular weight excluding hydrogens is 348 g/mol. The zero-order chi connectivity index (χ0) is 19.5. The summed E-state index contributed by atoms with van der Waals surface area (Å²) in [5, 5.41) is 7.67. The zero-order valence-electron chi connectivity index (χ0n) is 15.8. The predicted octanol–water partition coefficient (Wildman–Crippen LogP) is 4.80. The Morgan fingerprint density at radius 3 is 2.39 bits per heavy atom. The van der Waals surface area contributed by atoms with Crippen LogP contribution in [0.25, 0.3) is 16.9 Å². The topological polar surface area (TPSA) is 59.8 Å². The molecule has 0 aliphatic carbocycles. The van der Waals surface area contributed by atoms with Crippen molar-refractivity contribution < 1.29 is 4.79 Å². The van der Waals surface area contributed by atoms with E-state index in [9.17, 15) is 4.79 Å². The van der Waals surface area contributed by atoms with Crippen LogP contribution in [0.5, 0.6) is 0 Å². The summed E-state index contributed by atoms with van der Waals surface area (Å²) in [6.45, 7) is 4.02. The van der Waals surface area contributed by atoms with Gasteiger partial charge in [0.15, 0.2) is 0 Å². The van der Waals surface area contributed by atoms with Crippen LogP contribution in [0.4, 0.5) is 5.69 Å². The van der Waals surface area contributed by atoms with Gasteiger partial charge in [-0.1, -0.05) is 24.3 Å². The summed E-state index contributed by atoms with van der Waals surface area (Å²) >= 11 is 0. The Morgan fingerprint density at radius 2 is 1.71 bits per heavy atom. The van der Waals surface area contributed by atoms with Gasteiger partial charge in [0.2, 0.25) is 0 Å². The quantitative estimate of drug-likeness (QED) is 0.563. The number of rotatable bonds is 4. The van der Waals surface area contributed by atoms with Gasteiger partial charge in [0.25, 0.3) is 5.91 Å². The number of nitrogens with zero attached hydrogens (tertiary/aromatic N) is 3. The minimum Gasteiger partial charge on any atom is -0.322 e. The van der Waals surface area contributed by atoms with Gasteiger partial charge in [-0.05, 0) is 61.4 Å². The molecule has 0 saturated heterocycles. The standard InChI is InChI=1S/C23H20N4O/c1-16-11-17(2)13-19(12-16)25-23(28)21-15-27(20-8-4-3-5-9-20)26-22(21)18-7-6-10-24-14-18/h3-15H,1-2H3,(H,25,28). The van der Waals surface area contributed by atoms with Crippen molar-refractivity contribution in [1.82, 2.24) is 14.8 Å². The molecule has 2 heterocycles. The molecule has 0 atom stereocenters. The summed E-state index contributed by atoms with van der Waals surface area (Å²) in [6, 6.07) is 19.4. The second-order valence-electron chi connectivity index (χ2n) is 6.74. The smallest absolute Gasteiger partial charge is 0.259 e. The molecule has 0 aliphatic rings. The Bertz CT molecular complexity index is 1100. The van der Waals surface area contributed by atoms with Gasteiger partial charge in [-0.3, -0.25) is 9.78 Å². The molecule has 2 aromatic heterocycles. The molecule has 1 N–H and O–H groups in total. The second kappa shape index (κ2) is 7.48. The molecule has 0 spiro atoms. The first-order chi connectivity index (χ1) is 13.6. The number of amides is 1. The van der Waals surface area contributed by atoms with Crippen LogP contribution in [-0.2, 0) is 0 Å².